The molecule has 0 atom stereocenters. The van der Waals surface area contributed by atoms with Crippen molar-refractivity contribution >= 4 is 11.8 Å². The molecule has 1 aromatic carbocycles. The average Bonchev–Trinajstić information content (AvgIpc) is 2.46. The van der Waals surface area contributed by atoms with E-state index >= 15 is 0 Å². The predicted octanol–water partition coefficient (Wildman–Crippen LogP) is 2.98. The van der Waals surface area contributed by atoms with Crippen LogP contribution >= 0.6 is 0 Å². The molecule has 6 heteroatoms. The maximum atomic E-state index is 13.3. The van der Waals surface area contributed by atoms with E-state index in [0.29, 0.717) is 0 Å². The van der Waals surface area contributed by atoms with Crippen molar-refractivity contribution in [2.45, 2.75) is 6.61 Å². The molecule has 1 aromatic heterocycles. The molecule has 0 fully saturated rings. The van der Waals surface area contributed by atoms with Gasteiger partial charge in [0.15, 0.2) is 5.75 Å². The Morgan fingerprint density at radius 2 is 2.05 bits per heavy atom. The van der Waals surface area contributed by atoms with Gasteiger partial charge in [-0.15, -0.1) is 0 Å². The summed E-state index contributed by atoms with van der Waals surface area (Å²) in [6.45, 7) is 0.128. The Balaban J connectivity index is 1.97. The first-order valence-electron chi connectivity index (χ1n) is 5.87. The van der Waals surface area contributed by atoms with E-state index in [-0.39, 0.29) is 18.0 Å². The number of carbonyl (C=O) groups excluding carboxylic acids is 1. The number of ether oxygens (including phenoxy) is 2. The Labute approximate surface area is 115 Å². The molecule has 2 aromatic rings. The highest BCUT2D eigenvalue weighted by Gasteiger charge is 2.13. The summed E-state index contributed by atoms with van der Waals surface area (Å²) in [5, 5.41) is 2.41. The largest absolute Gasteiger partial charge is 0.490 e. The van der Waals surface area contributed by atoms with Crippen LogP contribution in [0.5, 0.6) is 5.75 Å². The van der Waals surface area contributed by atoms with E-state index in [2.05, 4.69) is 10.3 Å². The van der Waals surface area contributed by atoms with E-state index in [1.165, 1.54) is 19.4 Å². The Bertz CT molecular complexity index is 590. The smallest absolute Gasteiger partial charge is 0.412 e. The van der Waals surface area contributed by atoms with Crippen molar-refractivity contribution in [1.82, 2.24) is 4.98 Å². The summed E-state index contributed by atoms with van der Waals surface area (Å²) in [4.78, 5) is 15.1. The molecule has 1 N–H and O–H groups in total. The van der Waals surface area contributed by atoms with E-state index in [0.717, 1.165) is 5.56 Å². The van der Waals surface area contributed by atoms with Gasteiger partial charge in [-0.25, -0.2) is 9.78 Å². The number of pyridine rings is 1. The van der Waals surface area contributed by atoms with Crippen LogP contribution in [0.1, 0.15) is 5.56 Å². The standard InChI is InChI=1S/C14H13FN2O3/c1-19-12-11(7-8-16-13(12)15)17-14(18)20-9-10-5-3-2-4-6-10/h2-8H,9H2,1H3,(H,16,17,18). The van der Waals surface area contributed by atoms with Gasteiger partial charge >= 0.3 is 6.09 Å². The van der Waals surface area contributed by atoms with Crippen molar-refractivity contribution in [2.24, 2.45) is 0 Å². The number of anilines is 1. The van der Waals surface area contributed by atoms with Gasteiger partial charge in [-0.05, 0) is 11.6 Å². The van der Waals surface area contributed by atoms with Gasteiger partial charge in [0.1, 0.15) is 6.61 Å². The Hall–Kier alpha value is -2.63. The van der Waals surface area contributed by atoms with Gasteiger partial charge < -0.3 is 9.47 Å². The summed E-state index contributed by atoms with van der Waals surface area (Å²) in [6.07, 6.45) is 0.530. The van der Waals surface area contributed by atoms with Crippen LogP contribution in [-0.2, 0) is 11.3 Å². The third-order valence-electron chi connectivity index (χ3n) is 2.51. The minimum absolute atomic E-state index is 0.128. The molecular weight excluding hydrogens is 263 g/mol. The number of halogens is 1. The molecule has 0 saturated carbocycles. The number of amides is 1. The Morgan fingerprint density at radius 1 is 1.30 bits per heavy atom. The lowest BCUT2D eigenvalue weighted by atomic mass is 10.2. The topological polar surface area (TPSA) is 60.5 Å². The number of rotatable bonds is 4. The number of carbonyl (C=O) groups is 1. The van der Waals surface area contributed by atoms with Crippen molar-refractivity contribution < 1.29 is 18.7 Å². The van der Waals surface area contributed by atoms with Gasteiger partial charge in [-0.3, -0.25) is 5.32 Å². The van der Waals surface area contributed by atoms with Crippen molar-refractivity contribution in [3.63, 3.8) is 0 Å². The predicted molar refractivity (Wildman–Crippen MR) is 71.0 cm³/mol. The lowest BCUT2D eigenvalue weighted by molar-refractivity contribution is 0.155. The maximum absolute atomic E-state index is 13.3. The molecule has 0 radical (unpaired) electrons. The number of methoxy groups -OCH3 is 1. The van der Waals surface area contributed by atoms with Gasteiger partial charge in [0.05, 0.1) is 12.8 Å². The fourth-order valence-corrected chi connectivity index (χ4v) is 1.58. The summed E-state index contributed by atoms with van der Waals surface area (Å²) in [7, 11) is 1.29. The summed E-state index contributed by atoms with van der Waals surface area (Å²) in [5.74, 6) is -0.933. The second-order valence-corrected chi connectivity index (χ2v) is 3.87. The molecule has 5 nitrogen and oxygen atoms in total. The molecule has 0 aliphatic rings. The lowest BCUT2D eigenvalue weighted by Gasteiger charge is -2.10. The number of nitrogens with zero attached hydrogens (tertiary/aromatic N) is 1. The summed E-state index contributed by atoms with van der Waals surface area (Å²) < 4.78 is 23.2. The first-order chi connectivity index (χ1) is 9.70. The van der Waals surface area contributed by atoms with Crippen LogP contribution in [-0.4, -0.2) is 18.2 Å². The highest BCUT2D eigenvalue weighted by molar-refractivity contribution is 5.86. The van der Waals surface area contributed by atoms with Crippen LogP contribution in [0.4, 0.5) is 14.9 Å². The fourth-order valence-electron chi connectivity index (χ4n) is 1.58. The first-order valence-corrected chi connectivity index (χ1v) is 5.87. The molecule has 20 heavy (non-hydrogen) atoms. The van der Waals surface area contributed by atoms with Crippen molar-refractivity contribution in [2.75, 3.05) is 12.4 Å². The van der Waals surface area contributed by atoms with Gasteiger partial charge in [-0.1, -0.05) is 30.3 Å². The Kier molecular flexibility index (Phi) is 4.49. The van der Waals surface area contributed by atoms with Crippen LogP contribution in [0.2, 0.25) is 0 Å². The average molecular weight is 276 g/mol. The highest BCUT2D eigenvalue weighted by Crippen LogP contribution is 2.25. The zero-order valence-corrected chi connectivity index (χ0v) is 10.8. The maximum Gasteiger partial charge on any atom is 0.412 e. The highest BCUT2D eigenvalue weighted by atomic mass is 19.1. The van der Waals surface area contributed by atoms with Crippen LogP contribution in [0.3, 0.4) is 0 Å². The number of benzene rings is 1. The quantitative estimate of drug-likeness (QED) is 0.872. The van der Waals surface area contributed by atoms with Crippen LogP contribution in [0.15, 0.2) is 42.6 Å². The fraction of sp³-hybridized carbons (Fsp3) is 0.143. The molecule has 0 spiro atoms. The molecule has 2 rings (SSSR count). The SMILES string of the molecule is COc1c(NC(=O)OCc2ccccc2)ccnc1F. The molecular formula is C14H13FN2O3. The molecule has 0 aliphatic heterocycles. The molecule has 0 unspecified atom stereocenters. The molecule has 104 valence electrons. The van der Waals surface area contributed by atoms with E-state index in [9.17, 15) is 9.18 Å². The minimum Gasteiger partial charge on any atom is -0.490 e. The van der Waals surface area contributed by atoms with E-state index in [4.69, 9.17) is 9.47 Å². The van der Waals surface area contributed by atoms with Crippen molar-refractivity contribution in [3.05, 3.63) is 54.1 Å². The molecule has 0 aliphatic carbocycles. The van der Waals surface area contributed by atoms with Gasteiger partial charge in [0, 0.05) is 6.20 Å². The monoisotopic (exact) mass is 276 g/mol. The third kappa shape index (κ3) is 3.44. The lowest BCUT2D eigenvalue weighted by Crippen LogP contribution is -2.14. The van der Waals surface area contributed by atoms with E-state index in [1.807, 2.05) is 30.3 Å². The normalized spacial score (nSPS) is 9.90. The van der Waals surface area contributed by atoms with Gasteiger partial charge in [0.2, 0.25) is 0 Å². The molecule has 0 bridgehead atoms. The Morgan fingerprint density at radius 3 is 2.75 bits per heavy atom. The van der Waals surface area contributed by atoms with Crippen LogP contribution < -0.4 is 10.1 Å². The number of hydrogen-bond acceptors (Lipinski definition) is 4. The zero-order valence-electron chi connectivity index (χ0n) is 10.8. The second kappa shape index (κ2) is 6.51. The number of nitrogens with one attached hydrogen (secondary N) is 1. The minimum atomic E-state index is -0.798. The van der Waals surface area contributed by atoms with Gasteiger partial charge in [-0.2, -0.15) is 4.39 Å². The summed E-state index contributed by atoms with van der Waals surface area (Å²) in [5.41, 5.74) is 1.02. The number of aromatic nitrogens is 1. The second-order valence-electron chi connectivity index (χ2n) is 3.87. The molecule has 0 saturated heterocycles. The molecule has 1 amide bonds. The third-order valence-corrected chi connectivity index (χ3v) is 2.51. The molecule has 1 heterocycles. The van der Waals surface area contributed by atoms with Crippen molar-refractivity contribution in [3.8, 4) is 5.75 Å². The van der Waals surface area contributed by atoms with Gasteiger partial charge in [0.25, 0.3) is 5.95 Å². The van der Waals surface area contributed by atoms with Crippen LogP contribution in [0, 0.1) is 5.95 Å². The number of hydrogen-bond donors (Lipinski definition) is 1. The van der Waals surface area contributed by atoms with Crippen LogP contribution in [0.25, 0.3) is 0 Å². The van der Waals surface area contributed by atoms with E-state index < -0.39 is 12.0 Å². The zero-order chi connectivity index (χ0) is 14.4. The summed E-state index contributed by atoms with van der Waals surface area (Å²) >= 11 is 0. The van der Waals surface area contributed by atoms with Crippen molar-refractivity contribution in [1.29, 1.82) is 0 Å². The van der Waals surface area contributed by atoms with E-state index in [1.54, 1.807) is 0 Å². The summed E-state index contributed by atoms with van der Waals surface area (Å²) in [6, 6.07) is 10.6. The first kappa shape index (κ1) is 13.8.